The monoisotopic (exact) mass is 406 g/mol. The van der Waals surface area contributed by atoms with E-state index in [2.05, 4.69) is 99.6 Å². The molecule has 0 radical (unpaired) electrons. The normalized spacial score (nSPS) is 12.1. The molecule has 0 heterocycles. The van der Waals surface area contributed by atoms with E-state index in [4.69, 9.17) is 0 Å². The molecule has 2 aromatic rings. The molecule has 2 aromatic carbocycles. The van der Waals surface area contributed by atoms with Gasteiger partial charge in [0.25, 0.3) is 0 Å². The summed E-state index contributed by atoms with van der Waals surface area (Å²) < 4.78 is 0. The van der Waals surface area contributed by atoms with Gasteiger partial charge in [0.1, 0.15) is 0 Å². The first-order valence-electron chi connectivity index (χ1n) is 11.8. The molecular formula is C29H42O. The Morgan fingerprint density at radius 2 is 1.03 bits per heavy atom. The summed E-state index contributed by atoms with van der Waals surface area (Å²) in [5, 5.41) is 0. The smallest absolute Gasteiger partial charge is 0.167 e. The number of rotatable bonds is 8. The van der Waals surface area contributed by atoms with Gasteiger partial charge < -0.3 is 0 Å². The van der Waals surface area contributed by atoms with Crippen LogP contribution in [0.15, 0.2) is 30.3 Å². The van der Waals surface area contributed by atoms with Crippen LogP contribution in [0.1, 0.15) is 143 Å². The molecule has 0 aliphatic rings. The second-order valence-corrected chi connectivity index (χ2v) is 10.4. The van der Waals surface area contributed by atoms with Gasteiger partial charge in [-0.2, -0.15) is 0 Å². The van der Waals surface area contributed by atoms with Crippen LogP contribution in [0.3, 0.4) is 0 Å². The fourth-order valence-corrected chi connectivity index (χ4v) is 4.24. The Hall–Kier alpha value is -1.89. The second kappa shape index (κ2) is 9.94. The van der Waals surface area contributed by atoms with E-state index >= 15 is 0 Å². The number of carbonyl (C=O) groups is 1. The summed E-state index contributed by atoms with van der Waals surface area (Å²) in [5.74, 6) is 2.33. The molecule has 2 rings (SSSR count). The Bertz CT molecular complexity index is 852. The standard InChI is InChI=1S/C29H42O/c1-17(2)22-11-12-24(25(13-22)19(5)6)29(30)16-28-26(20(7)8)14-23(18(3)4)15-27(28)21(9)10/h11-15,17-21H,16H2,1-10H3. The van der Waals surface area contributed by atoms with Crippen LogP contribution < -0.4 is 0 Å². The molecule has 0 atom stereocenters. The van der Waals surface area contributed by atoms with Gasteiger partial charge in [-0.25, -0.2) is 0 Å². The van der Waals surface area contributed by atoms with E-state index in [9.17, 15) is 4.79 Å². The van der Waals surface area contributed by atoms with Crippen molar-refractivity contribution in [2.45, 2.75) is 105 Å². The Morgan fingerprint density at radius 3 is 1.43 bits per heavy atom. The predicted molar refractivity (Wildman–Crippen MR) is 131 cm³/mol. The summed E-state index contributed by atoms with van der Waals surface area (Å²) in [4.78, 5) is 13.6. The summed E-state index contributed by atoms with van der Waals surface area (Å²) in [6, 6.07) is 11.1. The number of Topliss-reactive ketones (excluding diaryl/α,β-unsaturated/α-hetero) is 1. The molecule has 0 N–H and O–H groups in total. The van der Waals surface area contributed by atoms with Crippen molar-refractivity contribution >= 4 is 5.78 Å². The molecule has 0 aliphatic carbocycles. The lowest BCUT2D eigenvalue weighted by atomic mass is 9.81. The Balaban J connectivity index is 2.58. The highest BCUT2D eigenvalue weighted by molar-refractivity contribution is 5.99. The fourth-order valence-electron chi connectivity index (χ4n) is 4.24. The number of hydrogen-bond donors (Lipinski definition) is 0. The van der Waals surface area contributed by atoms with E-state index in [0.717, 1.165) is 5.56 Å². The molecule has 0 bridgehead atoms. The van der Waals surface area contributed by atoms with Gasteiger partial charge in [0.2, 0.25) is 0 Å². The first kappa shape index (κ1) is 24.4. The minimum absolute atomic E-state index is 0.245. The van der Waals surface area contributed by atoms with Crippen molar-refractivity contribution in [3.63, 3.8) is 0 Å². The highest BCUT2D eigenvalue weighted by Crippen LogP contribution is 2.34. The number of benzene rings is 2. The van der Waals surface area contributed by atoms with E-state index in [1.54, 1.807) is 0 Å². The Morgan fingerprint density at radius 1 is 0.600 bits per heavy atom. The van der Waals surface area contributed by atoms with Gasteiger partial charge >= 0.3 is 0 Å². The summed E-state index contributed by atoms with van der Waals surface area (Å²) in [7, 11) is 0. The van der Waals surface area contributed by atoms with Crippen LogP contribution in [0.2, 0.25) is 0 Å². The highest BCUT2D eigenvalue weighted by Gasteiger charge is 2.22. The fraction of sp³-hybridized carbons (Fsp3) is 0.552. The predicted octanol–water partition coefficient (Wildman–Crippen LogP) is 8.73. The van der Waals surface area contributed by atoms with Crippen LogP contribution in [-0.2, 0) is 6.42 Å². The van der Waals surface area contributed by atoms with Crippen molar-refractivity contribution in [2.75, 3.05) is 0 Å². The summed E-state index contributed by atoms with van der Waals surface area (Å²) >= 11 is 0. The first-order chi connectivity index (χ1) is 13.9. The number of hydrogen-bond acceptors (Lipinski definition) is 1. The molecular weight excluding hydrogens is 364 g/mol. The molecule has 30 heavy (non-hydrogen) atoms. The van der Waals surface area contributed by atoms with Crippen molar-refractivity contribution < 1.29 is 4.79 Å². The van der Waals surface area contributed by atoms with E-state index in [-0.39, 0.29) is 5.78 Å². The average molecular weight is 407 g/mol. The maximum atomic E-state index is 13.6. The zero-order chi connectivity index (χ0) is 22.7. The lowest BCUT2D eigenvalue weighted by Gasteiger charge is -2.23. The molecule has 0 unspecified atom stereocenters. The van der Waals surface area contributed by atoms with Gasteiger partial charge in [0, 0.05) is 12.0 Å². The van der Waals surface area contributed by atoms with Crippen molar-refractivity contribution in [1.82, 2.24) is 0 Å². The molecule has 0 saturated heterocycles. The van der Waals surface area contributed by atoms with Crippen LogP contribution in [0.4, 0.5) is 0 Å². The van der Waals surface area contributed by atoms with Crippen LogP contribution in [-0.4, -0.2) is 5.78 Å². The summed E-state index contributed by atoms with van der Waals surface area (Å²) in [6.07, 6.45) is 0.486. The largest absolute Gasteiger partial charge is 0.294 e. The quantitative estimate of drug-likeness (QED) is 0.400. The minimum Gasteiger partial charge on any atom is -0.294 e. The lowest BCUT2D eigenvalue weighted by Crippen LogP contribution is -2.14. The van der Waals surface area contributed by atoms with Gasteiger partial charge in [0.05, 0.1) is 0 Å². The van der Waals surface area contributed by atoms with Crippen molar-refractivity contribution in [3.8, 4) is 0 Å². The first-order valence-corrected chi connectivity index (χ1v) is 11.8. The zero-order valence-electron chi connectivity index (χ0n) is 20.9. The zero-order valence-corrected chi connectivity index (χ0v) is 20.9. The SMILES string of the molecule is CC(C)c1ccc(C(=O)Cc2c(C(C)C)cc(C(C)C)cc2C(C)C)c(C(C)C)c1. The lowest BCUT2D eigenvalue weighted by molar-refractivity contribution is 0.0991. The van der Waals surface area contributed by atoms with Crippen LogP contribution in [0.25, 0.3) is 0 Å². The van der Waals surface area contributed by atoms with E-state index in [0.29, 0.717) is 36.0 Å². The van der Waals surface area contributed by atoms with Gasteiger partial charge in [0.15, 0.2) is 5.78 Å². The maximum absolute atomic E-state index is 13.6. The Kier molecular flexibility index (Phi) is 8.08. The van der Waals surface area contributed by atoms with Crippen molar-refractivity contribution in [2.24, 2.45) is 0 Å². The van der Waals surface area contributed by atoms with Gasteiger partial charge in [-0.05, 0) is 63.0 Å². The molecule has 0 spiro atoms. The third-order valence-corrected chi connectivity index (χ3v) is 6.25. The topological polar surface area (TPSA) is 17.1 Å². The maximum Gasteiger partial charge on any atom is 0.167 e. The molecule has 1 nitrogen and oxygen atoms in total. The highest BCUT2D eigenvalue weighted by atomic mass is 16.1. The molecule has 0 aromatic heterocycles. The molecule has 0 amide bonds. The van der Waals surface area contributed by atoms with E-state index < -0.39 is 0 Å². The molecule has 164 valence electrons. The van der Waals surface area contributed by atoms with Crippen LogP contribution >= 0.6 is 0 Å². The number of carbonyl (C=O) groups excluding carboxylic acids is 1. The molecule has 0 fully saturated rings. The molecule has 0 saturated carbocycles. The third-order valence-electron chi connectivity index (χ3n) is 6.25. The van der Waals surface area contributed by atoms with Crippen LogP contribution in [0.5, 0.6) is 0 Å². The molecule has 1 heteroatoms. The molecule has 0 aliphatic heterocycles. The third kappa shape index (κ3) is 5.42. The Labute approximate surface area is 185 Å². The van der Waals surface area contributed by atoms with Gasteiger partial charge in [-0.3, -0.25) is 4.79 Å². The van der Waals surface area contributed by atoms with Gasteiger partial charge in [-0.1, -0.05) is 99.6 Å². The van der Waals surface area contributed by atoms with E-state index in [1.165, 1.54) is 33.4 Å². The summed E-state index contributed by atoms with van der Waals surface area (Å²) in [5.41, 5.74) is 8.68. The van der Waals surface area contributed by atoms with E-state index in [1.807, 2.05) is 0 Å². The van der Waals surface area contributed by atoms with Gasteiger partial charge in [-0.15, -0.1) is 0 Å². The van der Waals surface area contributed by atoms with Crippen molar-refractivity contribution in [1.29, 1.82) is 0 Å². The number of ketones is 1. The summed E-state index contributed by atoms with van der Waals surface area (Å²) in [6.45, 7) is 22.3. The van der Waals surface area contributed by atoms with Crippen LogP contribution in [0, 0.1) is 0 Å². The average Bonchev–Trinajstić information content (AvgIpc) is 2.66. The van der Waals surface area contributed by atoms with Crippen molar-refractivity contribution in [3.05, 3.63) is 69.3 Å². The minimum atomic E-state index is 0.245. The second-order valence-electron chi connectivity index (χ2n) is 10.4.